The Kier molecular flexibility index (Phi) is 4.03. The minimum atomic E-state index is -1.10. The van der Waals surface area contributed by atoms with E-state index in [-0.39, 0.29) is 30.5 Å². The Hall–Kier alpha value is -3.41. The van der Waals surface area contributed by atoms with E-state index < -0.39 is 11.6 Å². The van der Waals surface area contributed by atoms with Gasteiger partial charge in [-0.25, -0.2) is 14.2 Å². The van der Waals surface area contributed by atoms with Crippen LogP contribution in [0.4, 0.5) is 4.39 Å². The molecule has 0 bridgehead atoms. The Labute approximate surface area is 154 Å². The highest BCUT2D eigenvalue weighted by Crippen LogP contribution is 2.39. The molecule has 2 heterocycles. The van der Waals surface area contributed by atoms with Crippen LogP contribution >= 0.6 is 0 Å². The van der Waals surface area contributed by atoms with Crippen molar-refractivity contribution in [2.45, 2.75) is 12.0 Å². The van der Waals surface area contributed by atoms with Gasteiger partial charge in [-0.2, -0.15) is 0 Å². The van der Waals surface area contributed by atoms with Crippen LogP contribution in [0.2, 0.25) is 0 Å². The smallest absolute Gasteiger partial charge is 0.334 e. The number of fused-ring (bicyclic) bond motifs is 1. The molecule has 1 aliphatic rings. The first-order valence-electron chi connectivity index (χ1n) is 8.36. The highest BCUT2D eigenvalue weighted by Gasteiger charge is 2.45. The zero-order valence-electron chi connectivity index (χ0n) is 14.3. The summed E-state index contributed by atoms with van der Waals surface area (Å²) in [5, 5.41) is 10.7. The van der Waals surface area contributed by atoms with E-state index >= 15 is 0 Å². The van der Waals surface area contributed by atoms with Gasteiger partial charge in [0.1, 0.15) is 23.7 Å². The molecule has 4 rings (SSSR count). The van der Waals surface area contributed by atoms with Crippen molar-refractivity contribution in [2.75, 3.05) is 6.61 Å². The fourth-order valence-electron chi connectivity index (χ4n) is 3.17. The van der Waals surface area contributed by atoms with Crippen LogP contribution in [0.5, 0.6) is 11.6 Å². The van der Waals surface area contributed by atoms with E-state index in [0.717, 1.165) is 5.39 Å². The summed E-state index contributed by atoms with van der Waals surface area (Å²) in [5.74, 6) is -0.567. The molecule has 1 fully saturated rings. The highest BCUT2D eigenvalue weighted by atomic mass is 19.1. The maximum Gasteiger partial charge on any atom is 0.334 e. The number of esters is 1. The number of carbonyl (C=O) groups excluding carboxylic acids is 1. The lowest BCUT2D eigenvalue weighted by Gasteiger charge is -2.27. The van der Waals surface area contributed by atoms with Gasteiger partial charge in [0.05, 0.1) is 0 Å². The van der Waals surface area contributed by atoms with E-state index in [9.17, 15) is 14.3 Å². The Morgan fingerprint density at radius 2 is 1.96 bits per heavy atom. The lowest BCUT2D eigenvalue weighted by Crippen LogP contribution is -2.33. The largest absolute Gasteiger partial charge is 0.506 e. The molecule has 0 aliphatic carbocycles. The monoisotopic (exact) mass is 365 g/mol. The second-order valence-electron chi connectivity index (χ2n) is 6.46. The van der Waals surface area contributed by atoms with Gasteiger partial charge in [0, 0.05) is 23.4 Å². The van der Waals surface area contributed by atoms with E-state index in [1.54, 1.807) is 36.4 Å². The number of aromatic hydroxyl groups is 1. The van der Waals surface area contributed by atoms with E-state index in [0.29, 0.717) is 16.7 Å². The zero-order chi connectivity index (χ0) is 19.0. The summed E-state index contributed by atoms with van der Waals surface area (Å²) in [4.78, 5) is 16.3. The molecule has 1 saturated heterocycles. The van der Waals surface area contributed by atoms with Gasteiger partial charge in [-0.3, -0.25) is 0 Å². The number of phenols is 1. The molecule has 1 unspecified atom stereocenters. The summed E-state index contributed by atoms with van der Waals surface area (Å²) < 4.78 is 24.7. The third-order valence-electron chi connectivity index (χ3n) is 4.57. The Morgan fingerprint density at radius 3 is 2.67 bits per heavy atom. The van der Waals surface area contributed by atoms with Gasteiger partial charge < -0.3 is 14.6 Å². The standard InChI is InChI=1S/C21H16FNO4/c1-13-11-21(27-20(13)25,15-6-8-16(22)9-7-15)12-26-18-10-5-14-3-2-4-17(24)19(14)23-18/h2-10,24H,1,11-12H2. The average molecular weight is 365 g/mol. The van der Waals surface area contributed by atoms with Crippen molar-refractivity contribution in [3.63, 3.8) is 0 Å². The summed E-state index contributed by atoms with van der Waals surface area (Å²) in [6.45, 7) is 3.71. The number of carbonyl (C=O) groups is 1. The topological polar surface area (TPSA) is 68.7 Å². The van der Waals surface area contributed by atoms with Crippen molar-refractivity contribution in [2.24, 2.45) is 0 Å². The van der Waals surface area contributed by atoms with Crippen molar-refractivity contribution >= 4 is 16.9 Å². The first-order valence-corrected chi connectivity index (χ1v) is 8.36. The number of benzene rings is 2. The van der Waals surface area contributed by atoms with Crippen LogP contribution in [0.3, 0.4) is 0 Å². The first kappa shape index (κ1) is 17.0. The number of nitrogens with zero attached hydrogens (tertiary/aromatic N) is 1. The molecule has 3 aromatic rings. The normalized spacial score (nSPS) is 19.3. The molecular weight excluding hydrogens is 349 g/mol. The number of hydrogen-bond donors (Lipinski definition) is 1. The average Bonchev–Trinajstić information content (AvgIpc) is 2.96. The third kappa shape index (κ3) is 3.10. The molecule has 136 valence electrons. The van der Waals surface area contributed by atoms with E-state index in [4.69, 9.17) is 9.47 Å². The van der Waals surface area contributed by atoms with Crippen LogP contribution in [-0.4, -0.2) is 22.7 Å². The van der Waals surface area contributed by atoms with E-state index in [1.807, 2.05) is 6.07 Å². The molecular formula is C21H16FNO4. The molecule has 1 atom stereocenters. The Morgan fingerprint density at radius 1 is 1.19 bits per heavy atom. The van der Waals surface area contributed by atoms with Crippen LogP contribution in [0.15, 0.2) is 66.7 Å². The van der Waals surface area contributed by atoms with Crippen molar-refractivity contribution in [3.8, 4) is 11.6 Å². The van der Waals surface area contributed by atoms with Gasteiger partial charge in [0.15, 0.2) is 5.60 Å². The molecule has 5 nitrogen and oxygen atoms in total. The number of aromatic nitrogens is 1. The second-order valence-corrected chi connectivity index (χ2v) is 6.46. The fraction of sp³-hybridized carbons (Fsp3) is 0.143. The molecule has 1 aromatic heterocycles. The summed E-state index contributed by atoms with van der Waals surface area (Å²) >= 11 is 0. The van der Waals surface area contributed by atoms with Crippen molar-refractivity contribution in [1.82, 2.24) is 4.98 Å². The predicted molar refractivity (Wildman–Crippen MR) is 96.8 cm³/mol. The second kappa shape index (κ2) is 6.39. The molecule has 0 saturated carbocycles. The number of cyclic esters (lactones) is 1. The minimum Gasteiger partial charge on any atom is -0.506 e. The van der Waals surface area contributed by atoms with E-state index in [1.165, 1.54) is 12.1 Å². The van der Waals surface area contributed by atoms with Crippen LogP contribution in [0.1, 0.15) is 12.0 Å². The van der Waals surface area contributed by atoms with Gasteiger partial charge in [0.25, 0.3) is 0 Å². The van der Waals surface area contributed by atoms with Gasteiger partial charge in [0.2, 0.25) is 5.88 Å². The maximum absolute atomic E-state index is 13.3. The number of para-hydroxylation sites is 1. The van der Waals surface area contributed by atoms with Crippen LogP contribution < -0.4 is 4.74 Å². The number of pyridine rings is 1. The van der Waals surface area contributed by atoms with Crippen LogP contribution in [0, 0.1) is 5.82 Å². The summed E-state index contributed by atoms with van der Waals surface area (Å²) in [6, 6.07) is 14.3. The molecule has 1 aliphatic heterocycles. The molecule has 6 heteroatoms. The Balaban J connectivity index is 1.65. The van der Waals surface area contributed by atoms with Gasteiger partial charge in [-0.15, -0.1) is 0 Å². The summed E-state index contributed by atoms with van der Waals surface area (Å²) in [5.41, 5.74) is 0.252. The van der Waals surface area contributed by atoms with Crippen molar-refractivity contribution in [1.29, 1.82) is 0 Å². The number of hydrogen-bond acceptors (Lipinski definition) is 5. The quantitative estimate of drug-likeness (QED) is 0.562. The predicted octanol–water partition coefficient (Wildman–Crippen LogP) is 3.86. The lowest BCUT2D eigenvalue weighted by atomic mass is 9.90. The number of halogens is 1. The van der Waals surface area contributed by atoms with Gasteiger partial charge in [-0.05, 0) is 29.8 Å². The fourth-order valence-corrected chi connectivity index (χ4v) is 3.17. The van der Waals surface area contributed by atoms with Gasteiger partial charge >= 0.3 is 5.97 Å². The van der Waals surface area contributed by atoms with E-state index in [2.05, 4.69) is 11.6 Å². The third-order valence-corrected chi connectivity index (χ3v) is 4.57. The Bertz CT molecular complexity index is 1030. The summed E-state index contributed by atoms with van der Waals surface area (Å²) in [7, 11) is 0. The van der Waals surface area contributed by atoms with Crippen LogP contribution in [0.25, 0.3) is 10.9 Å². The zero-order valence-corrected chi connectivity index (χ0v) is 14.3. The highest BCUT2D eigenvalue weighted by molar-refractivity contribution is 5.90. The molecule has 0 spiro atoms. The lowest BCUT2D eigenvalue weighted by molar-refractivity contribution is -0.150. The van der Waals surface area contributed by atoms with Gasteiger partial charge in [-0.1, -0.05) is 30.8 Å². The molecule has 2 aromatic carbocycles. The van der Waals surface area contributed by atoms with Crippen LogP contribution in [-0.2, 0) is 15.1 Å². The number of phenolic OH excluding ortho intramolecular Hbond substituents is 1. The molecule has 27 heavy (non-hydrogen) atoms. The minimum absolute atomic E-state index is 0.0184. The molecule has 1 N–H and O–H groups in total. The first-order chi connectivity index (χ1) is 13.0. The number of rotatable bonds is 4. The SMILES string of the molecule is C=C1CC(COc2ccc3cccc(O)c3n2)(c2ccc(F)cc2)OC1=O. The van der Waals surface area contributed by atoms with Crippen molar-refractivity contribution in [3.05, 3.63) is 78.1 Å². The number of ether oxygens (including phenoxy) is 2. The molecule has 0 amide bonds. The maximum atomic E-state index is 13.3. The summed E-state index contributed by atoms with van der Waals surface area (Å²) in [6.07, 6.45) is 0.232. The van der Waals surface area contributed by atoms with Crippen molar-refractivity contribution < 1.29 is 23.8 Å². The molecule has 0 radical (unpaired) electrons.